The lowest BCUT2D eigenvalue weighted by Gasteiger charge is -2.27. The van der Waals surface area contributed by atoms with E-state index < -0.39 is 0 Å². The quantitative estimate of drug-likeness (QED) is 0.526. The second kappa shape index (κ2) is 7.52. The summed E-state index contributed by atoms with van der Waals surface area (Å²) in [6.07, 6.45) is 0. The minimum atomic E-state index is 0.534. The first kappa shape index (κ1) is 17.6. The van der Waals surface area contributed by atoms with Gasteiger partial charge in [0.15, 0.2) is 11.6 Å². The summed E-state index contributed by atoms with van der Waals surface area (Å²) in [5.41, 5.74) is 2.90. The monoisotopic (exact) mass is 388 g/mol. The van der Waals surface area contributed by atoms with Gasteiger partial charge in [-0.2, -0.15) is 4.98 Å². The Labute approximate surface area is 167 Å². The van der Waals surface area contributed by atoms with Crippen LogP contribution >= 0.6 is 0 Å². The Hall–Kier alpha value is -3.45. The van der Waals surface area contributed by atoms with Gasteiger partial charge in [-0.15, -0.1) is 0 Å². The molecule has 2 aromatic carbocycles. The molecule has 0 N–H and O–H groups in total. The van der Waals surface area contributed by atoms with Crippen molar-refractivity contribution in [1.82, 2.24) is 15.0 Å². The Balaban J connectivity index is 1.68. The highest BCUT2D eigenvalue weighted by molar-refractivity contribution is 5.85. The number of anilines is 1. The van der Waals surface area contributed by atoms with Crippen LogP contribution in [0.5, 0.6) is 5.75 Å². The number of aromatic nitrogens is 3. The fourth-order valence-electron chi connectivity index (χ4n) is 3.39. The highest BCUT2D eigenvalue weighted by atomic mass is 16.5. The number of methoxy groups -OCH3 is 1. The lowest BCUT2D eigenvalue weighted by atomic mass is 10.2. The van der Waals surface area contributed by atoms with Crippen molar-refractivity contribution >= 4 is 17.0 Å². The van der Waals surface area contributed by atoms with Crippen LogP contribution in [0.3, 0.4) is 0 Å². The van der Waals surface area contributed by atoms with E-state index in [0.717, 1.165) is 35.8 Å². The van der Waals surface area contributed by atoms with E-state index in [9.17, 15) is 0 Å². The molecule has 0 saturated carbocycles. The normalized spacial score (nSPS) is 14.3. The van der Waals surface area contributed by atoms with Crippen molar-refractivity contribution in [1.29, 1.82) is 0 Å². The first-order valence-corrected chi connectivity index (χ1v) is 9.53. The van der Waals surface area contributed by atoms with Crippen LogP contribution in [0.1, 0.15) is 0 Å². The maximum absolute atomic E-state index is 6.13. The Kier molecular flexibility index (Phi) is 4.57. The summed E-state index contributed by atoms with van der Waals surface area (Å²) in [4.78, 5) is 16.4. The second-order valence-corrected chi connectivity index (χ2v) is 6.74. The predicted octanol–water partition coefficient (Wildman–Crippen LogP) is 3.80. The molecule has 7 heteroatoms. The Bertz CT molecular complexity index is 1140. The molecule has 5 rings (SSSR count). The molecule has 0 atom stereocenters. The third-order valence-electron chi connectivity index (χ3n) is 4.90. The summed E-state index contributed by atoms with van der Waals surface area (Å²) in [6, 6.07) is 17.5. The van der Waals surface area contributed by atoms with Gasteiger partial charge >= 0.3 is 0 Å². The average molecular weight is 388 g/mol. The average Bonchev–Trinajstić information content (AvgIpc) is 3.24. The highest BCUT2D eigenvalue weighted by Crippen LogP contribution is 2.32. The first-order chi connectivity index (χ1) is 14.3. The molecule has 0 spiro atoms. The second-order valence-electron chi connectivity index (χ2n) is 6.74. The van der Waals surface area contributed by atoms with Gasteiger partial charge in [0.2, 0.25) is 17.1 Å². The molecule has 4 aromatic rings. The first-order valence-electron chi connectivity index (χ1n) is 9.53. The Morgan fingerprint density at radius 2 is 1.69 bits per heavy atom. The van der Waals surface area contributed by atoms with Crippen molar-refractivity contribution < 1.29 is 13.9 Å². The third-order valence-corrected chi connectivity index (χ3v) is 4.90. The van der Waals surface area contributed by atoms with E-state index in [2.05, 4.69) is 9.88 Å². The van der Waals surface area contributed by atoms with E-state index in [0.29, 0.717) is 36.2 Å². The van der Waals surface area contributed by atoms with Crippen LogP contribution in [-0.4, -0.2) is 48.4 Å². The summed E-state index contributed by atoms with van der Waals surface area (Å²) in [5, 5.41) is 0. The Morgan fingerprint density at radius 1 is 0.897 bits per heavy atom. The molecule has 7 nitrogen and oxygen atoms in total. The van der Waals surface area contributed by atoms with E-state index >= 15 is 0 Å². The predicted molar refractivity (Wildman–Crippen MR) is 110 cm³/mol. The van der Waals surface area contributed by atoms with Gasteiger partial charge in [-0.1, -0.05) is 30.3 Å². The molecule has 1 aliphatic rings. The third kappa shape index (κ3) is 3.40. The number of oxazole rings is 1. The summed E-state index contributed by atoms with van der Waals surface area (Å²) in [5.74, 6) is 2.62. The van der Waals surface area contributed by atoms with Crippen molar-refractivity contribution in [3.8, 4) is 28.6 Å². The van der Waals surface area contributed by atoms with Crippen LogP contribution in [0.25, 0.3) is 34.1 Å². The molecule has 29 heavy (non-hydrogen) atoms. The van der Waals surface area contributed by atoms with E-state index in [-0.39, 0.29) is 0 Å². The van der Waals surface area contributed by atoms with E-state index in [1.807, 2.05) is 54.6 Å². The standard InChI is InChI=1S/C22H20N4O3/c1-27-17-9-5-8-16(14-17)19-23-20-18(21(24-19)26-10-12-28-13-11-26)29-22(25-20)15-6-3-2-4-7-15/h2-9,14H,10-13H2,1H3. The topological polar surface area (TPSA) is 73.5 Å². The van der Waals surface area contributed by atoms with Crippen LogP contribution in [-0.2, 0) is 4.74 Å². The zero-order chi connectivity index (χ0) is 19.6. The van der Waals surface area contributed by atoms with Crippen molar-refractivity contribution in [2.75, 3.05) is 38.3 Å². The van der Waals surface area contributed by atoms with Gasteiger partial charge in [-0.25, -0.2) is 9.97 Å². The molecule has 1 fully saturated rings. The molecule has 3 heterocycles. The number of ether oxygens (including phenoxy) is 2. The lowest BCUT2D eigenvalue weighted by molar-refractivity contribution is 0.122. The van der Waals surface area contributed by atoms with Crippen LogP contribution in [0.15, 0.2) is 59.0 Å². The van der Waals surface area contributed by atoms with Crippen LogP contribution in [0, 0.1) is 0 Å². The molecule has 1 saturated heterocycles. The zero-order valence-electron chi connectivity index (χ0n) is 16.0. The summed E-state index contributed by atoms with van der Waals surface area (Å²) in [6.45, 7) is 2.79. The smallest absolute Gasteiger partial charge is 0.229 e. The van der Waals surface area contributed by atoms with Crippen molar-refractivity contribution in [3.63, 3.8) is 0 Å². The largest absolute Gasteiger partial charge is 0.497 e. The van der Waals surface area contributed by atoms with Gasteiger partial charge in [0.1, 0.15) is 5.75 Å². The van der Waals surface area contributed by atoms with Gasteiger partial charge in [-0.3, -0.25) is 0 Å². The number of hydrogen-bond acceptors (Lipinski definition) is 7. The van der Waals surface area contributed by atoms with E-state index in [1.54, 1.807) is 7.11 Å². The van der Waals surface area contributed by atoms with Gasteiger partial charge in [-0.05, 0) is 24.3 Å². The molecule has 0 amide bonds. The molecule has 146 valence electrons. The summed E-state index contributed by atoms with van der Waals surface area (Å²) < 4.78 is 17.0. The Morgan fingerprint density at radius 3 is 2.48 bits per heavy atom. The number of nitrogens with zero attached hydrogens (tertiary/aromatic N) is 4. The zero-order valence-corrected chi connectivity index (χ0v) is 16.0. The molecular weight excluding hydrogens is 368 g/mol. The van der Waals surface area contributed by atoms with Gasteiger partial charge in [0.05, 0.1) is 20.3 Å². The maximum Gasteiger partial charge on any atom is 0.229 e. The number of hydrogen-bond donors (Lipinski definition) is 0. The number of fused-ring (bicyclic) bond motifs is 1. The fraction of sp³-hybridized carbons (Fsp3) is 0.227. The fourth-order valence-corrected chi connectivity index (χ4v) is 3.39. The van der Waals surface area contributed by atoms with Crippen LogP contribution < -0.4 is 9.64 Å². The van der Waals surface area contributed by atoms with Gasteiger partial charge in [0, 0.05) is 24.2 Å². The molecule has 0 aliphatic carbocycles. The summed E-state index contributed by atoms with van der Waals surface area (Å²) in [7, 11) is 1.64. The minimum Gasteiger partial charge on any atom is -0.497 e. The molecule has 2 aromatic heterocycles. The van der Waals surface area contributed by atoms with Crippen molar-refractivity contribution in [2.45, 2.75) is 0 Å². The molecule has 1 aliphatic heterocycles. The molecule has 0 unspecified atom stereocenters. The van der Waals surface area contributed by atoms with Crippen LogP contribution in [0.4, 0.5) is 5.82 Å². The minimum absolute atomic E-state index is 0.534. The van der Waals surface area contributed by atoms with Gasteiger partial charge in [0.25, 0.3) is 0 Å². The summed E-state index contributed by atoms with van der Waals surface area (Å²) >= 11 is 0. The van der Waals surface area contributed by atoms with E-state index in [1.165, 1.54) is 0 Å². The number of morpholine rings is 1. The van der Waals surface area contributed by atoms with Crippen molar-refractivity contribution in [3.05, 3.63) is 54.6 Å². The lowest BCUT2D eigenvalue weighted by Crippen LogP contribution is -2.37. The van der Waals surface area contributed by atoms with Crippen LogP contribution in [0.2, 0.25) is 0 Å². The number of benzene rings is 2. The maximum atomic E-state index is 6.13. The molecule has 0 bridgehead atoms. The molecular formula is C22H20N4O3. The molecule has 0 radical (unpaired) electrons. The van der Waals surface area contributed by atoms with Gasteiger partial charge < -0.3 is 18.8 Å². The van der Waals surface area contributed by atoms with E-state index in [4.69, 9.17) is 23.9 Å². The van der Waals surface area contributed by atoms with Crippen molar-refractivity contribution in [2.24, 2.45) is 0 Å². The SMILES string of the molecule is COc1cccc(-c2nc(N3CCOCC3)c3oc(-c4ccccc4)nc3n2)c1. The highest BCUT2D eigenvalue weighted by Gasteiger charge is 2.22. The number of rotatable bonds is 4.